The molecule has 0 aromatic carbocycles. The molecule has 68 valence electrons. The van der Waals surface area contributed by atoms with Crippen LogP contribution in [-0.4, -0.2) is 29.7 Å². The summed E-state index contributed by atoms with van der Waals surface area (Å²) in [6.07, 6.45) is 0. The zero-order valence-electron chi connectivity index (χ0n) is 6.32. The van der Waals surface area contributed by atoms with E-state index in [0.29, 0.717) is 0 Å². The van der Waals surface area contributed by atoms with E-state index >= 15 is 0 Å². The molecule has 0 fully saturated rings. The normalized spacial score (nSPS) is 11.8. The topological polar surface area (TPSA) is 116 Å². The van der Waals surface area contributed by atoms with Gasteiger partial charge in [-0.25, -0.2) is 4.79 Å². The molecule has 0 unspecified atom stereocenters. The zero-order chi connectivity index (χ0) is 9.72. The highest BCUT2D eigenvalue weighted by molar-refractivity contribution is 5.86. The van der Waals surface area contributed by atoms with E-state index < -0.39 is 24.6 Å². The van der Waals surface area contributed by atoms with Gasteiger partial charge in [0.1, 0.15) is 18.3 Å². The molecule has 6 nitrogen and oxygen atoms in total. The van der Waals surface area contributed by atoms with Crippen molar-refractivity contribution >= 4 is 11.9 Å². The molecule has 0 aromatic heterocycles. The highest BCUT2D eigenvalue weighted by Crippen LogP contribution is 1.88. The Bertz CT molecular complexity index is 214. The molecule has 12 heavy (non-hydrogen) atoms. The van der Waals surface area contributed by atoms with Crippen molar-refractivity contribution in [3.8, 4) is 0 Å². The first kappa shape index (κ1) is 10.4. The minimum absolute atomic E-state index is 0.285. The quantitative estimate of drug-likeness (QED) is 0.349. The van der Waals surface area contributed by atoms with Crippen LogP contribution in [0.5, 0.6) is 0 Å². The number of hydrogen-bond donors (Lipinski definition) is 3. The predicted molar refractivity (Wildman–Crippen MR) is 39.9 cm³/mol. The second-order valence-electron chi connectivity index (χ2n) is 2.07. The average molecular weight is 174 g/mol. The molecule has 5 N–H and O–H groups in total. The van der Waals surface area contributed by atoms with Crippen LogP contribution in [0.25, 0.3) is 0 Å². The SMILES string of the molecule is C=C(N)C(=O)OC[C@H](N)C(=O)O. The van der Waals surface area contributed by atoms with Gasteiger partial charge in [-0.2, -0.15) is 0 Å². The Kier molecular flexibility index (Phi) is 3.78. The van der Waals surface area contributed by atoms with E-state index in [1.807, 2.05) is 0 Å². The van der Waals surface area contributed by atoms with Gasteiger partial charge in [0.15, 0.2) is 0 Å². The van der Waals surface area contributed by atoms with E-state index in [0.717, 1.165) is 0 Å². The van der Waals surface area contributed by atoms with Crippen molar-refractivity contribution in [3.05, 3.63) is 12.3 Å². The molecule has 0 saturated carbocycles. The first-order valence-corrected chi connectivity index (χ1v) is 3.05. The maximum Gasteiger partial charge on any atom is 0.353 e. The molecule has 0 aromatic rings. The summed E-state index contributed by atoms with van der Waals surface area (Å²) < 4.78 is 4.36. The van der Waals surface area contributed by atoms with E-state index in [9.17, 15) is 9.59 Å². The molecule has 0 aliphatic rings. The Labute approximate surface area is 68.8 Å². The minimum Gasteiger partial charge on any atom is -0.480 e. The van der Waals surface area contributed by atoms with Crippen LogP contribution < -0.4 is 11.5 Å². The van der Waals surface area contributed by atoms with Gasteiger partial charge in [0.2, 0.25) is 0 Å². The van der Waals surface area contributed by atoms with Crippen LogP contribution in [0.3, 0.4) is 0 Å². The lowest BCUT2D eigenvalue weighted by Crippen LogP contribution is -2.36. The smallest absolute Gasteiger partial charge is 0.353 e. The molecule has 0 spiro atoms. The lowest BCUT2D eigenvalue weighted by atomic mass is 10.3. The Morgan fingerprint density at radius 1 is 1.58 bits per heavy atom. The fourth-order valence-corrected chi connectivity index (χ4v) is 0.329. The minimum atomic E-state index is -1.24. The van der Waals surface area contributed by atoms with Gasteiger partial charge in [-0.1, -0.05) is 6.58 Å². The maximum absolute atomic E-state index is 10.6. The van der Waals surface area contributed by atoms with Crippen LogP contribution >= 0.6 is 0 Å². The van der Waals surface area contributed by atoms with E-state index in [1.165, 1.54) is 0 Å². The summed E-state index contributed by atoms with van der Waals surface area (Å²) in [5.74, 6) is -2.10. The number of aliphatic carboxylic acids is 1. The molecule has 0 heterocycles. The Morgan fingerprint density at radius 2 is 2.08 bits per heavy atom. The van der Waals surface area contributed by atoms with Gasteiger partial charge in [0.25, 0.3) is 0 Å². The fraction of sp³-hybridized carbons (Fsp3) is 0.333. The number of nitrogens with two attached hydrogens (primary N) is 2. The second-order valence-corrected chi connectivity index (χ2v) is 2.07. The molecular weight excluding hydrogens is 164 g/mol. The first-order chi connectivity index (χ1) is 5.45. The van der Waals surface area contributed by atoms with Gasteiger partial charge in [0.05, 0.1) is 0 Å². The Balaban J connectivity index is 3.76. The fourth-order valence-electron chi connectivity index (χ4n) is 0.329. The highest BCUT2D eigenvalue weighted by atomic mass is 16.5. The van der Waals surface area contributed by atoms with Crippen LogP contribution in [0.15, 0.2) is 12.3 Å². The third kappa shape index (κ3) is 3.57. The maximum atomic E-state index is 10.6. The van der Waals surface area contributed by atoms with Crippen LogP contribution in [0.4, 0.5) is 0 Å². The number of carboxylic acid groups (broad SMARTS) is 1. The molecule has 0 aliphatic heterocycles. The summed E-state index contributed by atoms with van der Waals surface area (Å²) in [6.45, 7) is 2.68. The zero-order valence-corrected chi connectivity index (χ0v) is 6.32. The summed E-state index contributed by atoms with van der Waals surface area (Å²) in [5.41, 5.74) is 9.67. The number of carbonyl (C=O) groups is 2. The van der Waals surface area contributed by atoms with Crippen molar-refractivity contribution in [2.75, 3.05) is 6.61 Å². The molecule has 6 heteroatoms. The van der Waals surface area contributed by atoms with E-state index in [2.05, 4.69) is 11.3 Å². The molecule has 1 atom stereocenters. The standard InChI is InChI=1S/C6H10N2O4/c1-3(7)6(11)12-2-4(8)5(9)10/h4H,1-2,7-8H2,(H,9,10)/t4-/m0/s1. The van der Waals surface area contributed by atoms with Crippen molar-refractivity contribution in [2.24, 2.45) is 11.5 Å². The van der Waals surface area contributed by atoms with Crippen molar-refractivity contribution < 1.29 is 19.4 Å². The number of carbonyl (C=O) groups excluding carboxylic acids is 1. The van der Waals surface area contributed by atoms with Crippen LogP contribution in [-0.2, 0) is 14.3 Å². The molecule has 0 radical (unpaired) electrons. The molecule has 0 bridgehead atoms. The summed E-state index contributed by atoms with van der Waals surface area (Å²) >= 11 is 0. The summed E-state index contributed by atoms with van der Waals surface area (Å²) in [5, 5.41) is 8.26. The largest absolute Gasteiger partial charge is 0.480 e. The Morgan fingerprint density at radius 3 is 2.42 bits per heavy atom. The lowest BCUT2D eigenvalue weighted by molar-refractivity contribution is -0.145. The average Bonchev–Trinajstić information content (AvgIpc) is 1.98. The first-order valence-electron chi connectivity index (χ1n) is 3.05. The van der Waals surface area contributed by atoms with Gasteiger partial charge in [-0.15, -0.1) is 0 Å². The summed E-state index contributed by atoms with van der Waals surface area (Å²) in [6, 6.07) is -1.23. The van der Waals surface area contributed by atoms with Crippen LogP contribution in [0, 0.1) is 0 Å². The van der Waals surface area contributed by atoms with Crippen molar-refractivity contribution in [2.45, 2.75) is 6.04 Å². The van der Waals surface area contributed by atoms with Crippen LogP contribution in [0.1, 0.15) is 0 Å². The summed E-state index contributed by atoms with van der Waals surface area (Å²) in [7, 11) is 0. The number of esters is 1. The Hall–Kier alpha value is -1.56. The van der Waals surface area contributed by atoms with E-state index in [1.54, 1.807) is 0 Å². The second kappa shape index (κ2) is 4.35. The van der Waals surface area contributed by atoms with Crippen molar-refractivity contribution in [1.29, 1.82) is 0 Å². The van der Waals surface area contributed by atoms with Gasteiger partial charge >= 0.3 is 11.9 Å². The van der Waals surface area contributed by atoms with Crippen molar-refractivity contribution in [1.82, 2.24) is 0 Å². The van der Waals surface area contributed by atoms with Crippen LogP contribution in [0.2, 0.25) is 0 Å². The number of rotatable bonds is 4. The highest BCUT2D eigenvalue weighted by Gasteiger charge is 2.14. The third-order valence-electron chi connectivity index (χ3n) is 0.973. The van der Waals surface area contributed by atoms with Crippen molar-refractivity contribution in [3.63, 3.8) is 0 Å². The molecule has 0 amide bonds. The third-order valence-corrected chi connectivity index (χ3v) is 0.973. The number of carboxylic acids is 1. The number of ether oxygens (including phenoxy) is 1. The molecule has 0 aliphatic carbocycles. The van der Waals surface area contributed by atoms with Gasteiger partial charge < -0.3 is 21.3 Å². The van der Waals surface area contributed by atoms with Gasteiger partial charge in [-0.3, -0.25) is 4.79 Å². The monoisotopic (exact) mass is 174 g/mol. The predicted octanol–water partition coefficient (Wildman–Crippen LogP) is -1.59. The van der Waals surface area contributed by atoms with E-state index in [-0.39, 0.29) is 5.70 Å². The summed E-state index contributed by atoms with van der Waals surface area (Å²) in [4.78, 5) is 20.7. The molecule has 0 saturated heterocycles. The lowest BCUT2D eigenvalue weighted by Gasteiger charge is -2.06. The van der Waals surface area contributed by atoms with E-state index in [4.69, 9.17) is 16.6 Å². The van der Waals surface area contributed by atoms with Gasteiger partial charge in [-0.05, 0) is 0 Å². The molecular formula is C6H10N2O4. The van der Waals surface area contributed by atoms with Gasteiger partial charge in [0, 0.05) is 0 Å². The molecule has 0 rings (SSSR count). The number of hydrogen-bond acceptors (Lipinski definition) is 5.